The zero-order valence-electron chi connectivity index (χ0n) is 11.8. The summed E-state index contributed by atoms with van der Waals surface area (Å²) >= 11 is 0. The molecular formula is C15H25NOS. The average molecular weight is 267 g/mol. The first-order valence-corrected chi connectivity index (χ1v) is 8.01. The topological polar surface area (TPSA) is 43.1 Å². The Morgan fingerprint density at radius 3 is 2.17 bits per heavy atom. The van der Waals surface area contributed by atoms with Gasteiger partial charge >= 0.3 is 0 Å². The third-order valence-electron chi connectivity index (χ3n) is 3.53. The van der Waals surface area contributed by atoms with Crippen LogP contribution in [0.3, 0.4) is 0 Å². The molecule has 102 valence electrons. The van der Waals surface area contributed by atoms with Gasteiger partial charge in [-0.25, -0.2) is 0 Å². The first-order chi connectivity index (χ1) is 8.45. The van der Waals surface area contributed by atoms with Crippen LogP contribution in [-0.4, -0.2) is 16.0 Å². The number of benzene rings is 1. The van der Waals surface area contributed by atoms with E-state index in [1.165, 1.54) is 5.56 Å². The molecule has 1 rings (SSSR count). The monoisotopic (exact) mass is 267 g/mol. The molecule has 0 aliphatic carbocycles. The number of hydrogen-bond acceptors (Lipinski definition) is 2. The zero-order chi connectivity index (χ0) is 13.7. The second kappa shape index (κ2) is 7.05. The number of nitrogens with two attached hydrogens (primary N) is 1. The van der Waals surface area contributed by atoms with Crippen molar-refractivity contribution in [3.05, 3.63) is 29.8 Å². The Morgan fingerprint density at radius 1 is 1.17 bits per heavy atom. The molecule has 3 heteroatoms. The normalized spacial score (nSPS) is 16.6. The fourth-order valence-corrected chi connectivity index (χ4v) is 3.05. The van der Waals surface area contributed by atoms with E-state index in [1.54, 1.807) is 0 Å². The van der Waals surface area contributed by atoms with Gasteiger partial charge in [0.1, 0.15) is 0 Å². The zero-order valence-corrected chi connectivity index (χ0v) is 12.7. The molecule has 0 spiro atoms. The van der Waals surface area contributed by atoms with Crippen molar-refractivity contribution in [2.24, 2.45) is 11.7 Å². The van der Waals surface area contributed by atoms with Crippen molar-refractivity contribution in [2.45, 2.75) is 51.0 Å². The van der Waals surface area contributed by atoms with Crippen molar-refractivity contribution in [3.63, 3.8) is 0 Å². The Hall–Kier alpha value is -0.670. The van der Waals surface area contributed by atoms with Gasteiger partial charge in [0.25, 0.3) is 0 Å². The Labute approximate surface area is 113 Å². The minimum Gasteiger partial charge on any atom is -0.327 e. The van der Waals surface area contributed by atoms with Crippen molar-refractivity contribution in [3.8, 4) is 0 Å². The molecule has 0 aliphatic heterocycles. The minimum absolute atomic E-state index is 0.0145. The molecule has 3 atom stereocenters. The van der Waals surface area contributed by atoms with Crippen LogP contribution in [0.2, 0.25) is 0 Å². The van der Waals surface area contributed by atoms with Gasteiger partial charge in [-0.15, -0.1) is 0 Å². The summed E-state index contributed by atoms with van der Waals surface area (Å²) in [7, 11) is -0.982. The van der Waals surface area contributed by atoms with E-state index < -0.39 is 10.8 Å². The molecule has 1 aromatic carbocycles. The lowest BCUT2D eigenvalue weighted by atomic mass is 10.0. The molecule has 2 nitrogen and oxygen atoms in total. The van der Waals surface area contributed by atoms with Gasteiger partial charge in [-0.05, 0) is 29.5 Å². The van der Waals surface area contributed by atoms with Crippen LogP contribution in [0.5, 0.6) is 0 Å². The summed E-state index contributed by atoms with van der Waals surface area (Å²) in [6.07, 6.45) is 1.03. The Balaban J connectivity index is 2.67. The lowest BCUT2D eigenvalue weighted by Crippen LogP contribution is -2.33. The van der Waals surface area contributed by atoms with Crippen molar-refractivity contribution >= 4 is 10.8 Å². The Kier molecular flexibility index (Phi) is 6.03. The summed E-state index contributed by atoms with van der Waals surface area (Å²) < 4.78 is 12.2. The van der Waals surface area contributed by atoms with Gasteiger partial charge in [0.2, 0.25) is 0 Å². The van der Waals surface area contributed by atoms with Gasteiger partial charge in [0, 0.05) is 16.7 Å². The summed E-state index contributed by atoms with van der Waals surface area (Å²) in [6, 6.07) is 8.07. The quantitative estimate of drug-likeness (QED) is 0.859. The van der Waals surface area contributed by atoms with E-state index in [0.717, 1.165) is 11.3 Å². The van der Waals surface area contributed by atoms with E-state index in [2.05, 4.69) is 39.8 Å². The molecule has 0 heterocycles. The molecular weight excluding hydrogens is 242 g/mol. The van der Waals surface area contributed by atoms with Crippen LogP contribution in [0.15, 0.2) is 29.2 Å². The van der Waals surface area contributed by atoms with E-state index in [0.29, 0.717) is 17.6 Å². The lowest BCUT2D eigenvalue weighted by molar-refractivity contribution is 0.472. The second-order valence-corrected chi connectivity index (χ2v) is 6.78. The van der Waals surface area contributed by atoms with Crippen molar-refractivity contribution in [1.29, 1.82) is 0 Å². The fourth-order valence-electron chi connectivity index (χ4n) is 1.74. The summed E-state index contributed by atoms with van der Waals surface area (Å²) in [5.41, 5.74) is 7.33. The molecule has 0 aliphatic rings. The molecule has 1 aromatic rings. The Bertz CT molecular complexity index is 386. The number of rotatable bonds is 6. The predicted molar refractivity (Wildman–Crippen MR) is 79.2 cm³/mol. The van der Waals surface area contributed by atoms with Gasteiger partial charge in [-0.3, -0.25) is 4.21 Å². The molecule has 2 N–H and O–H groups in total. The first kappa shape index (κ1) is 15.4. The van der Waals surface area contributed by atoms with Crippen LogP contribution >= 0.6 is 0 Å². The van der Waals surface area contributed by atoms with E-state index in [4.69, 9.17) is 5.73 Å². The molecule has 3 unspecified atom stereocenters. The second-order valence-electron chi connectivity index (χ2n) is 5.29. The fraction of sp³-hybridized carbons (Fsp3) is 0.600. The average Bonchev–Trinajstić information content (AvgIpc) is 2.37. The number of hydrogen-bond donors (Lipinski definition) is 1. The highest BCUT2D eigenvalue weighted by molar-refractivity contribution is 7.85. The molecule has 0 aromatic heterocycles. The first-order valence-electron chi connectivity index (χ1n) is 6.69. The van der Waals surface area contributed by atoms with Crippen molar-refractivity contribution in [2.75, 3.05) is 5.75 Å². The van der Waals surface area contributed by atoms with Gasteiger partial charge in [-0.1, -0.05) is 46.2 Å². The maximum absolute atomic E-state index is 12.2. The minimum atomic E-state index is -0.982. The van der Waals surface area contributed by atoms with Gasteiger partial charge in [-0.2, -0.15) is 0 Å². The highest BCUT2D eigenvalue weighted by Gasteiger charge is 2.15. The molecule has 0 radical (unpaired) electrons. The van der Waals surface area contributed by atoms with Gasteiger partial charge in [0.05, 0.1) is 10.8 Å². The lowest BCUT2D eigenvalue weighted by Gasteiger charge is -2.17. The summed E-state index contributed by atoms with van der Waals surface area (Å²) in [4.78, 5) is 0.887. The maximum atomic E-state index is 12.2. The standard InChI is InChI=1S/C15H25NOS/c1-5-12(4)15(16)10-18(17)14-8-6-13(7-9-14)11(2)3/h6-9,11-12,15H,5,10,16H2,1-4H3. The molecule has 0 fully saturated rings. The highest BCUT2D eigenvalue weighted by Crippen LogP contribution is 2.17. The van der Waals surface area contributed by atoms with Crippen molar-refractivity contribution in [1.82, 2.24) is 0 Å². The van der Waals surface area contributed by atoms with Gasteiger partial charge in [0.15, 0.2) is 0 Å². The SMILES string of the molecule is CCC(C)C(N)CS(=O)c1ccc(C(C)C)cc1. The largest absolute Gasteiger partial charge is 0.327 e. The molecule has 0 saturated carbocycles. The van der Waals surface area contributed by atoms with Crippen LogP contribution in [0.4, 0.5) is 0 Å². The van der Waals surface area contributed by atoms with Crippen LogP contribution in [0.25, 0.3) is 0 Å². The van der Waals surface area contributed by atoms with E-state index in [1.807, 2.05) is 12.1 Å². The van der Waals surface area contributed by atoms with Crippen LogP contribution < -0.4 is 5.73 Å². The van der Waals surface area contributed by atoms with E-state index >= 15 is 0 Å². The summed E-state index contributed by atoms with van der Waals surface area (Å²) in [5, 5.41) is 0. The molecule has 0 bridgehead atoms. The molecule has 0 amide bonds. The Morgan fingerprint density at radius 2 is 1.72 bits per heavy atom. The van der Waals surface area contributed by atoms with Crippen molar-refractivity contribution < 1.29 is 4.21 Å². The van der Waals surface area contributed by atoms with E-state index in [9.17, 15) is 4.21 Å². The van der Waals surface area contributed by atoms with Crippen LogP contribution in [0.1, 0.15) is 45.6 Å². The smallest absolute Gasteiger partial charge is 0.0545 e. The van der Waals surface area contributed by atoms with Crippen LogP contribution in [-0.2, 0) is 10.8 Å². The third kappa shape index (κ3) is 4.21. The van der Waals surface area contributed by atoms with Gasteiger partial charge < -0.3 is 5.73 Å². The molecule has 18 heavy (non-hydrogen) atoms. The maximum Gasteiger partial charge on any atom is 0.0545 e. The summed E-state index contributed by atoms with van der Waals surface area (Å²) in [6.45, 7) is 8.55. The van der Waals surface area contributed by atoms with Crippen LogP contribution in [0, 0.1) is 5.92 Å². The highest BCUT2D eigenvalue weighted by atomic mass is 32.2. The molecule has 0 saturated heterocycles. The third-order valence-corrected chi connectivity index (χ3v) is 5.01. The summed E-state index contributed by atoms with van der Waals surface area (Å²) in [5.74, 6) is 1.48. The van der Waals surface area contributed by atoms with E-state index in [-0.39, 0.29) is 6.04 Å². The predicted octanol–water partition coefficient (Wildman–Crippen LogP) is 3.29.